The van der Waals surface area contributed by atoms with E-state index in [4.69, 9.17) is 9.47 Å². The lowest BCUT2D eigenvalue weighted by molar-refractivity contribution is -0.168. The van der Waals surface area contributed by atoms with Crippen molar-refractivity contribution < 1.29 is 19.1 Å². The molecule has 0 aliphatic rings. The lowest BCUT2D eigenvalue weighted by atomic mass is 9.90. The highest BCUT2D eigenvalue weighted by molar-refractivity contribution is 6.16. The molecule has 3 rings (SSSR count). The molecule has 0 aromatic heterocycles. The highest BCUT2D eigenvalue weighted by atomic mass is 16.6. The summed E-state index contributed by atoms with van der Waals surface area (Å²) in [5, 5.41) is 3.74. The van der Waals surface area contributed by atoms with Crippen molar-refractivity contribution in [2.75, 3.05) is 6.61 Å². The molecule has 30 heavy (non-hydrogen) atoms. The predicted molar refractivity (Wildman–Crippen MR) is 121 cm³/mol. The summed E-state index contributed by atoms with van der Waals surface area (Å²) in [4.78, 5) is 25.4. The van der Waals surface area contributed by atoms with E-state index in [9.17, 15) is 9.59 Å². The fourth-order valence-corrected chi connectivity index (χ4v) is 3.28. The highest BCUT2D eigenvalue weighted by Gasteiger charge is 2.33. The van der Waals surface area contributed by atoms with Crippen LogP contribution in [0.3, 0.4) is 0 Å². The van der Waals surface area contributed by atoms with E-state index in [-0.39, 0.29) is 18.5 Å². The fourth-order valence-electron chi connectivity index (χ4n) is 3.28. The maximum absolute atomic E-state index is 13.1. The van der Waals surface area contributed by atoms with Gasteiger partial charge >= 0.3 is 11.9 Å². The Morgan fingerprint density at radius 3 is 1.93 bits per heavy atom. The van der Waals surface area contributed by atoms with Gasteiger partial charge in [-0.1, -0.05) is 55.5 Å². The molecule has 0 heterocycles. The van der Waals surface area contributed by atoms with Crippen LogP contribution < -0.4 is 0 Å². The Balaban J connectivity index is 1.76. The fraction of sp³-hybridized carbons (Fsp3) is 0.385. The van der Waals surface area contributed by atoms with Gasteiger partial charge in [0, 0.05) is 6.42 Å². The number of carbonyl (C=O) groups is 2. The Bertz CT molecular complexity index is 1020. The predicted octanol–water partition coefficient (Wildman–Crippen LogP) is 6.30. The molecule has 0 N–H and O–H groups in total. The third-order valence-electron chi connectivity index (χ3n) is 5.72. The molecular formula is C26H30O4. The first-order valence-corrected chi connectivity index (χ1v) is 10.5. The molecule has 0 saturated heterocycles. The number of hydrogen-bond acceptors (Lipinski definition) is 4. The zero-order valence-corrected chi connectivity index (χ0v) is 18.5. The van der Waals surface area contributed by atoms with Crippen molar-refractivity contribution >= 4 is 33.5 Å². The van der Waals surface area contributed by atoms with E-state index in [1.807, 2.05) is 83.1 Å². The summed E-state index contributed by atoms with van der Waals surface area (Å²) < 4.78 is 11.3. The Hall–Kier alpha value is -2.88. The van der Waals surface area contributed by atoms with E-state index in [0.29, 0.717) is 18.4 Å². The maximum Gasteiger partial charge on any atom is 0.339 e. The zero-order valence-electron chi connectivity index (χ0n) is 18.5. The standard InChI is InChI=1S/C26H30O4/c1-6-25(2,3)24(28)30-26(4,5)15-16-29-23(27)22-20-13-9-7-11-18(20)17-19-12-8-10-14-21(19)22/h7-14,17H,6,15-16H2,1-5H3. The minimum atomic E-state index is -0.718. The van der Waals surface area contributed by atoms with Crippen LogP contribution in [-0.2, 0) is 14.3 Å². The van der Waals surface area contributed by atoms with Crippen LogP contribution in [0.1, 0.15) is 57.8 Å². The maximum atomic E-state index is 13.1. The van der Waals surface area contributed by atoms with E-state index >= 15 is 0 Å². The number of carbonyl (C=O) groups excluding carboxylic acids is 2. The molecule has 158 valence electrons. The van der Waals surface area contributed by atoms with Crippen molar-refractivity contribution in [2.24, 2.45) is 5.41 Å². The van der Waals surface area contributed by atoms with Gasteiger partial charge in [-0.25, -0.2) is 4.79 Å². The molecule has 3 aromatic carbocycles. The normalized spacial score (nSPS) is 12.2. The first-order valence-electron chi connectivity index (χ1n) is 10.5. The first kappa shape index (κ1) is 21.8. The van der Waals surface area contributed by atoms with Crippen molar-refractivity contribution in [1.82, 2.24) is 0 Å². The minimum Gasteiger partial charge on any atom is -0.462 e. The van der Waals surface area contributed by atoms with Crippen molar-refractivity contribution in [1.29, 1.82) is 0 Å². The zero-order chi connectivity index (χ0) is 21.9. The molecule has 4 heteroatoms. The Morgan fingerprint density at radius 1 is 0.867 bits per heavy atom. The van der Waals surface area contributed by atoms with Crippen LogP contribution in [0.2, 0.25) is 0 Å². The van der Waals surface area contributed by atoms with Gasteiger partial charge in [0.05, 0.1) is 17.6 Å². The molecule has 4 nitrogen and oxygen atoms in total. The van der Waals surface area contributed by atoms with Crippen molar-refractivity contribution in [2.45, 2.75) is 53.1 Å². The average Bonchev–Trinajstić information content (AvgIpc) is 2.71. The van der Waals surface area contributed by atoms with Crippen LogP contribution in [0.5, 0.6) is 0 Å². The lowest BCUT2D eigenvalue weighted by Crippen LogP contribution is -2.36. The third kappa shape index (κ3) is 4.64. The number of esters is 2. The van der Waals surface area contributed by atoms with Gasteiger partial charge in [-0.15, -0.1) is 0 Å². The van der Waals surface area contributed by atoms with Gasteiger partial charge in [0.2, 0.25) is 0 Å². The molecule has 0 aliphatic heterocycles. The van der Waals surface area contributed by atoms with Crippen molar-refractivity contribution in [3.8, 4) is 0 Å². The number of benzene rings is 3. The molecular weight excluding hydrogens is 376 g/mol. The van der Waals surface area contributed by atoms with Crippen LogP contribution in [0, 0.1) is 5.41 Å². The van der Waals surface area contributed by atoms with Crippen LogP contribution in [0.4, 0.5) is 0 Å². The quantitative estimate of drug-likeness (QED) is 0.341. The summed E-state index contributed by atoms with van der Waals surface area (Å²) in [6.07, 6.45) is 1.12. The summed E-state index contributed by atoms with van der Waals surface area (Å²) in [7, 11) is 0. The van der Waals surface area contributed by atoms with Gasteiger partial charge in [0.25, 0.3) is 0 Å². The summed E-state index contributed by atoms with van der Waals surface area (Å²) in [5.41, 5.74) is -0.675. The van der Waals surface area contributed by atoms with Gasteiger partial charge in [-0.3, -0.25) is 4.79 Å². The minimum absolute atomic E-state index is 0.170. The number of ether oxygens (including phenoxy) is 2. The summed E-state index contributed by atoms with van der Waals surface area (Å²) >= 11 is 0. The van der Waals surface area contributed by atoms with E-state index in [1.165, 1.54) is 0 Å². The van der Waals surface area contributed by atoms with Gasteiger partial charge in [0.1, 0.15) is 5.60 Å². The molecule has 0 radical (unpaired) electrons. The molecule has 0 spiro atoms. The molecule has 0 amide bonds. The molecule has 0 aliphatic carbocycles. The van der Waals surface area contributed by atoms with E-state index in [1.54, 1.807) is 0 Å². The Labute approximate surface area is 178 Å². The highest BCUT2D eigenvalue weighted by Crippen LogP contribution is 2.30. The van der Waals surface area contributed by atoms with Gasteiger partial charge < -0.3 is 9.47 Å². The first-order chi connectivity index (χ1) is 14.1. The Morgan fingerprint density at radius 2 is 1.40 bits per heavy atom. The van der Waals surface area contributed by atoms with Gasteiger partial charge in [-0.2, -0.15) is 0 Å². The molecule has 0 bridgehead atoms. The molecule has 0 unspecified atom stereocenters. The second kappa shape index (κ2) is 8.47. The van der Waals surface area contributed by atoms with Crippen molar-refractivity contribution in [3.63, 3.8) is 0 Å². The second-order valence-electron chi connectivity index (χ2n) is 8.97. The number of rotatable bonds is 7. The van der Waals surface area contributed by atoms with Crippen LogP contribution in [0.15, 0.2) is 54.6 Å². The van der Waals surface area contributed by atoms with Crippen molar-refractivity contribution in [3.05, 3.63) is 60.2 Å². The largest absolute Gasteiger partial charge is 0.462 e. The smallest absolute Gasteiger partial charge is 0.339 e. The van der Waals surface area contributed by atoms with Gasteiger partial charge in [-0.05, 0) is 61.7 Å². The second-order valence-corrected chi connectivity index (χ2v) is 8.97. The number of fused-ring (bicyclic) bond motifs is 2. The summed E-state index contributed by atoms with van der Waals surface area (Å²) in [6.45, 7) is 9.57. The number of hydrogen-bond donors (Lipinski definition) is 0. The molecule has 0 saturated carbocycles. The average molecular weight is 407 g/mol. The molecule has 3 aromatic rings. The Kier molecular flexibility index (Phi) is 6.16. The van der Waals surface area contributed by atoms with Crippen LogP contribution in [0.25, 0.3) is 21.5 Å². The lowest BCUT2D eigenvalue weighted by Gasteiger charge is -2.30. The van der Waals surface area contributed by atoms with E-state index in [0.717, 1.165) is 21.5 Å². The van der Waals surface area contributed by atoms with Crippen LogP contribution >= 0.6 is 0 Å². The van der Waals surface area contributed by atoms with Crippen LogP contribution in [-0.4, -0.2) is 24.1 Å². The molecule has 0 atom stereocenters. The SMILES string of the molecule is CCC(C)(C)C(=O)OC(C)(C)CCOC(=O)c1c2ccccc2cc2ccccc12. The topological polar surface area (TPSA) is 52.6 Å². The van der Waals surface area contributed by atoms with E-state index < -0.39 is 11.0 Å². The summed E-state index contributed by atoms with van der Waals surface area (Å²) in [6, 6.07) is 17.7. The monoisotopic (exact) mass is 406 g/mol. The summed E-state index contributed by atoms with van der Waals surface area (Å²) in [5.74, 6) is -0.597. The third-order valence-corrected chi connectivity index (χ3v) is 5.72. The molecule has 0 fully saturated rings. The van der Waals surface area contributed by atoms with Gasteiger partial charge in [0.15, 0.2) is 0 Å². The van der Waals surface area contributed by atoms with E-state index in [2.05, 4.69) is 6.07 Å².